The number of benzene rings is 2. The number of amides is 1. The summed E-state index contributed by atoms with van der Waals surface area (Å²) >= 11 is 0. The second-order valence-corrected chi connectivity index (χ2v) is 14.3. The number of sulfonamides is 1. The van der Waals surface area contributed by atoms with Crippen molar-refractivity contribution in [1.82, 2.24) is 9.62 Å². The third-order valence-corrected chi connectivity index (χ3v) is 8.43. The van der Waals surface area contributed by atoms with Crippen molar-refractivity contribution in [2.45, 2.75) is 56.8 Å². The molecule has 1 amide bonds. The molecule has 1 aliphatic heterocycles. The Kier molecular flexibility index (Phi) is 7.85. The Labute approximate surface area is 208 Å². The van der Waals surface area contributed by atoms with Gasteiger partial charge in [-0.1, -0.05) is 63.2 Å². The standard InChI is InChI=1S/C24H33N3O6SSi/c1-23(2,3)21(33-35(4)5)16-26-17-24(22(26)28,15-18-11-7-6-8-12-18)25-34(31,32)20-14-10-9-13-19(20)27(29)30/h6-14,21,25,35H,15-17H2,1-5H3/t21?,24-/m0/s1. The van der Waals surface area contributed by atoms with Crippen LogP contribution >= 0.6 is 0 Å². The number of carbonyl (C=O) groups is 1. The first-order valence-electron chi connectivity index (χ1n) is 11.5. The molecule has 1 unspecified atom stereocenters. The van der Waals surface area contributed by atoms with Gasteiger partial charge in [0.05, 0.1) is 11.0 Å². The summed E-state index contributed by atoms with van der Waals surface area (Å²) in [7, 11) is -5.76. The Morgan fingerprint density at radius 1 is 1.14 bits per heavy atom. The number of likely N-dealkylation sites (tertiary alicyclic amines) is 1. The maximum absolute atomic E-state index is 13.6. The summed E-state index contributed by atoms with van der Waals surface area (Å²) in [6.45, 7) is 10.8. The van der Waals surface area contributed by atoms with Crippen LogP contribution < -0.4 is 4.72 Å². The van der Waals surface area contributed by atoms with Crippen LogP contribution in [0.5, 0.6) is 0 Å². The minimum absolute atomic E-state index is 0.128. The van der Waals surface area contributed by atoms with Gasteiger partial charge in [0.25, 0.3) is 5.69 Å². The van der Waals surface area contributed by atoms with E-state index < -0.39 is 40.1 Å². The summed E-state index contributed by atoms with van der Waals surface area (Å²) in [5, 5.41) is 11.5. The molecule has 0 aromatic heterocycles. The Hall–Kier alpha value is -2.60. The van der Waals surface area contributed by atoms with Gasteiger partial charge in [-0.15, -0.1) is 0 Å². The zero-order valence-electron chi connectivity index (χ0n) is 20.7. The van der Waals surface area contributed by atoms with Gasteiger partial charge in [-0.25, -0.2) is 8.42 Å². The first-order chi connectivity index (χ1) is 16.2. The van der Waals surface area contributed by atoms with Gasteiger partial charge in [0.2, 0.25) is 15.9 Å². The molecule has 0 bridgehead atoms. The maximum atomic E-state index is 13.6. The molecule has 190 valence electrons. The summed E-state index contributed by atoms with van der Waals surface area (Å²) in [6.07, 6.45) is -0.0668. The van der Waals surface area contributed by atoms with Gasteiger partial charge in [0, 0.05) is 25.6 Å². The van der Waals surface area contributed by atoms with Crippen LogP contribution in [0.2, 0.25) is 13.1 Å². The van der Waals surface area contributed by atoms with Crippen LogP contribution in [0.15, 0.2) is 59.5 Å². The van der Waals surface area contributed by atoms with Gasteiger partial charge in [-0.05, 0) is 30.1 Å². The number of β-lactam (4-membered cyclic amide) rings is 1. The first kappa shape index (κ1) is 27.0. The van der Waals surface area contributed by atoms with Crippen LogP contribution in [0.25, 0.3) is 0 Å². The number of rotatable bonds is 10. The van der Waals surface area contributed by atoms with E-state index in [1.807, 2.05) is 51.1 Å². The molecule has 1 aliphatic rings. The Bertz CT molecular complexity index is 1180. The molecule has 1 saturated heterocycles. The molecule has 2 atom stereocenters. The van der Waals surface area contributed by atoms with E-state index in [4.69, 9.17) is 4.43 Å². The van der Waals surface area contributed by atoms with Crippen molar-refractivity contribution in [2.75, 3.05) is 13.1 Å². The molecule has 0 radical (unpaired) electrons. The Balaban J connectivity index is 1.93. The lowest BCUT2D eigenvalue weighted by Crippen LogP contribution is -2.76. The van der Waals surface area contributed by atoms with E-state index in [-0.39, 0.29) is 30.4 Å². The highest BCUT2D eigenvalue weighted by molar-refractivity contribution is 7.89. The number of hydrogen-bond donors (Lipinski definition) is 1. The predicted octanol–water partition coefficient (Wildman–Crippen LogP) is 3.11. The maximum Gasteiger partial charge on any atom is 0.289 e. The fourth-order valence-electron chi connectivity index (χ4n) is 4.21. The molecule has 9 nitrogen and oxygen atoms in total. The zero-order chi connectivity index (χ0) is 26.0. The number of nitro benzene ring substituents is 1. The fraction of sp³-hybridized carbons (Fsp3) is 0.458. The molecule has 0 spiro atoms. The van der Waals surface area contributed by atoms with Crippen LogP contribution in [0.4, 0.5) is 5.69 Å². The van der Waals surface area contributed by atoms with Crippen molar-refractivity contribution in [3.63, 3.8) is 0 Å². The molecule has 0 saturated carbocycles. The fourth-order valence-corrected chi connectivity index (χ4v) is 6.88. The summed E-state index contributed by atoms with van der Waals surface area (Å²) < 4.78 is 35.4. The largest absolute Gasteiger partial charge is 0.415 e. The normalized spacial score (nSPS) is 19.5. The smallest absolute Gasteiger partial charge is 0.289 e. The van der Waals surface area contributed by atoms with E-state index in [1.54, 1.807) is 4.90 Å². The number of nitrogens with one attached hydrogen (secondary N) is 1. The van der Waals surface area contributed by atoms with Gasteiger partial charge in [-0.3, -0.25) is 14.9 Å². The minimum atomic E-state index is -4.37. The minimum Gasteiger partial charge on any atom is -0.415 e. The molecule has 2 aromatic rings. The van der Waals surface area contributed by atoms with Gasteiger partial charge in [-0.2, -0.15) is 4.72 Å². The van der Waals surface area contributed by atoms with E-state index in [0.29, 0.717) is 6.54 Å². The summed E-state index contributed by atoms with van der Waals surface area (Å²) in [5.41, 5.74) is -1.41. The van der Waals surface area contributed by atoms with E-state index in [9.17, 15) is 23.3 Å². The molecule has 35 heavy (non-hydrogen) atoms. The molecule has 0 aliphatic carbocycles. The molecule has 1 N–H and O–H groups in total. The lowest BCUT2D eigenvalue weighted by atomic mass is 9.81. The third kappa shape index (κ3) is 6.15. The van der Waals surface area contributed by atoms with Crippen molar-refractivity contribution >= 4 is 30.7 Å². The highest BCUT2D eigenvalue weighted by Crippen LogP contribution is 2.34. The monoisotopic (exact) mass is 519 g/mol. The molecular weight excluding hydrogens is 486 g/mol. The van der Waals surface area contributed by atoms with Crippen LogP contribution in [-0.2, 0) is 25.7 Å². The van der Waals surface area contributed by atoms with Crippen LogP contribution in [0.1, 0.15) is 26.3 Å². The highest BCUT2D eigenvalue weighted by atomic mass is 32.2. The van der Waals surface area contributed by atoms with E-state index >= 15 is 0 Å². The van der Waals surface area contributed by atoms with Crippen molar-refractivity contribution in [2.24, 2.45) is 5.41 Å². The highest BCUT2D eigenvalue weighted by Gasteiger charge is 2.55. The van der Waals surface area contributed by atoms with E-state index in [2.05, 4.69) is 17.8 Å². The second-order valence-electron chi connectivity index (χ2n) is 10.3. The number of carbonyl (C=O) groups excluding carboxylic acids is 1. The van der Waals surface area contributed by atoms with Gasteiger partial charge >= 0.3 is 0 Å². The number of nitrogens with zero attached hydrogens (tertiary/aromatic N) is 2. The van der Waals surface area contributed by atoms with Crippen LogP contribution in [0.3, 0.4) is 0 Å². The van der Waals surface area contributed by atoms with Crippen molar-refractivity contribution in [3.8, 4) is 0 Å². The summed E-state index contributed by atoms with van der Waals surface area (Å²) in [5.74, 6) is -0.369. The predicted molar refractivity (Wildman–Crippen MR) is 136 cm³/mol. The lowest BCUT2D eigenvalue weighted by Gasteiger charge is -2.51. The Morgan fingerprint density at radius 3 is 2.29 bits per heavy atom. The third-order valence-electron chi connectivity index (χ3n) is 5.98. The molecule has 1 fully saturated rings. The number of nitro groups is 1. The second kappa shape index (κ2) is 10.2. The van der Waals surface area contributed by atoms with Gasteiger partial charge in [0.1, 0.15) is 5.54 Å². The molecular formula is C24H33N3O6SSi. The average Bonchev–Trinajstić information content (AvgIpc) is 2.77. The Morgan fingerprint density at radius 2 is 1.74 bits per heavy atom. The number of para-hydroxylation sites is 1. The van der Waals surface area contributed by atoms with E-state index in [1.165, 1.54) is 18.2 Å². The molecule has 2 aromatic carbocycles. The lowest BCUT2D eigenvalue weighted by molar-refractivity contribution is -0.387. The van der Waals surface area contributed by atoms with Gasteiger partial charge < -0.3 is 9.33 Å². The van der Waals surface area contributed by atoms with Crippen molar-refractivity contribution in [3.05, 3.63) is 70.3 Å². The van der Waals surface area contributed by atoms with E-state index in [0.717, 1.165) is 11.6 Å². The van der Waals surface area contributed by atoms with Crippen LogP contribution in [0, 0.1) is 15.5 Å². The SMILES string of the molecule is C[SiH](C)OC(CN1C[C@](Cc2ccccc2)(NS(=O)(=O)c2ccccc2[N+](=O)[O-])C1=O)C(C)(C)C. The summed E-state index contributed by atoms with van der Waals surface area (Å²) in [4.78, 5) is 25.4. The van der Waals surface area contributed by atoms with Crippen molar-refractivity contribution in [1.29, 1.82) is 0 Å². The summed E-state index contributed by atoms with van der Waals surface area (Å²) in [6, 6.07) is 14.2. The van der Waals surface area contributed by atoms with Crippen LogP contribution in [-0.4, -0.2) is 57.9 Å². The molecule has 1 heterocycles. The molecule has 3 rings (SSSR count). The average molecular weight is 520 g/mol. The quantitative estimate of drug-likeness (QED) is 0.223. The zero-order valence-corrected chi connectivity index (χ0v) is 22.7. The first-order valence-corrected chi connectivity index (χ1v) is 15.8. The topological polar surface area (TPSA) is 119 Å². The molecule has 11 heteroatoms. The van der Waals surface area contributed by atoms with Gasteiger partial charge in [0.15, 0.2) is 13.9 Å². The number of hydrogen-bond acceptors (Lipinski definition) is 6. The van der Waals surface area contributed by atoms with Crippen molar-refractivity contribution < 1.29 is 22.6 Å².